The van der Waals surface area contributed by atoms with Crippen molar-refractivity contribution < 1.29 is 20.4 Å². The lowest BCUT2D eigenvalue weighted by Crippen LogP contribution is -2.27. The number of fused-ring (bicyclic) bond motifs is 4. The Balaban J connectivity index is 2.02. The van der Waals surface area contributed by atoms with Crippen LogP contribution in [0.25, 0.3) is 0 Å². The first-order chi connectivity index (χ1) is 19.3. The molecule has 4 atom stereocenters. The lowest BCUT2D eigenvalue weighted by molar-refractivity contribution is 0.142. The van der Waals surface area contributed by atoms with Crippen molar-refractivity contribution in [1.29, 1.82) is 0 Å². The molecule has 2 aliphatic carbocycles. The Hall–Kier alpha value is -1.72. The molecule has 41 heavy (non-hydrogen) atoms. The van der Waals surface area contributed by atoms with E-state index in [0.29, 0.717) is 25.7 Å². The van der Waals surface area contributed by atoms with Gasteiger partial charge in [-0.15, -0.1) is 0 Å². The van der Waals surface area contributed by atoms with Crippen LogP contribution in [-0.4, -0.2) is 20.4 Å². The van der Waals surface area contributed by atoms with Crippen molar-refractivity contribution in [3.05, 3.63) is 68.8 Å². The summed E-state index contributed by atoms with van der Waals surface area (Å²) in [6.07, 6.45) is 5.62. The van der Waals surface area contributed by atoms with Gasteiger partial charge < -0.3 is 20.4 Å². The molecule has 4 N–H and O–H groups in total. The van der Waals surface area contributed by atoms with E-state index in [1.807, 2.05) is 0 Å². The maximum atomic E-state index is 11.4. The first-order valence-corrected chi connectivity index (χ1v) is 16.4. The summed E-state index contributed by atoms with van der Waals surface area (Å²) in [5.41, 5.74) is 8.07. The molecule has 0 saturated heterocycles. The second kappa shape index (κ2) is 12.1. The minimum Gasteiger partial charge on any atom is -0.388 e. The van der Waals surface area contributed by atoms with Gasteiger partial charge in [-0.25, -0.2) is 0 Å². The van der Waals surface area contributed by atoms with Crippen LogP contribution in [0.5, 0.6) is 0 Å². The van der Waals surface area contributed by atoms with Crippen molar-refractivity contribution in [1.82, 2.24) is 0 Å². The van der Waals surface area contributed by atoms with Gasteiger partial charge in [-0.2, -0.15) is 0 Å². The zero-order valence-corrected chi connectivity index (χ0v) is 27.0. The van der Waals surface area contributed by atoms with Crippen LogP contribution in [0.1, 0.15) is 189 Å². The Bertz CT molecular complexity index is 1130. The Labute approximate surface area is 249 Å². The van der Waals surface area contributed by atoms with Crippen LogP contribution in [0.2, 0.25) is 0 Å². The van der Waals surface area contributed by atoms with Crippen LogP contribution in [0, 0.1) is 0 Å². The summed E-state index contributed by atoms with van der Waals surface area (Å²) in [7, 11) is 0. The number of rotatable bonds is 12. The molecule has 0 saturated carbocycles. The maximum Gasteiger partial charge on any atom is 0.0793 e. The predicted molar refractivity (Wildman–Crippen MR) is 168 cm³/mol. The van der Waals surface area contributed by atoms with Crippen molar-refractivity contribution in [2.24, 2.45) is 0 Å². The molecular formula is C37H56O4. The number of aliphatic hydroxyl groups is 4. The highest BCUT2D eigenvalue weighted by molar-refractivity contribution is 5.63. The van der Waals surface area contributed by atoms with Gasteiger partial charge >= 0.3 is 0 Å². The lowest BCUT2D eigenvalue weighted by atomic mass is 9.71. The topological polar surface area (TPSA) is 80.9 Å². The van der Waals surface area contributed by atoms with Crippen LogP contribution < -0.4 is 0 Å². The second-order valence-corrected chi connectivity index (χ2v) is 14.5. The molecule has 0 bridgehead atoms. The third kappa shape index (κ3) is 5.67. The monoisotopic (exact) mass is 564 g/mol. The largest absolute Gasteiger partial charge is 0.388 e. The summed E-state index contributed by atoms with van der Waals surface area (Å²) < 4.78 is 0. The van der Waals surface area contributed by atoms with Gasteiger partial charge in [-0.1, -0.05) is 105 Å². The Morgan fingerprint density at radius 2 is 0.732 bits per heavy atom. The molecule has 0 radical (unpaired) electrons. The minimum atomic E-state index is -0.616. The zero-order valence-electron chi connectivity index (χ0n) is 27.0. The normalized spacial score (nSPS) is 23.3. The van der Waals surface area contributed by atoms with Crippen LogP contribution in [0.4, 0.5) is 0 Å². The average Bonchev–Trinajstić information content (AvgIpc) is 3.26. The Morgan fingerprint density at radius 1 is 0.488 bits per heavy atom. The highest BCUT2D eigenvalue weighted by atomic mass is 16.3. The molecule has 2 aliphatic rings. The third-order valence-corrected chi connectivity index (χ3v) is 10.1. The molecule has 0 fully saturated rings. The van der Waals surface area contributed by atoms with E-state index in [1.165, 1.54) is 22.3 Å². The average molecular weight is 565 g/mol. The van der Waals surface area contributed by atoms with Gasteiger partial charge in [0.2, 0.25) is 0 Å². The van der Waals surface area contributed by atoms with Crippen molar-refractivity contribution in [3.8, 4) is 0 Å². The fourth-order valence-electron chi connectivity index (χ4n) is 8.34. The van der Waals surface area contributed by atoms with E-state index in [4.69, 9.17) is 0 Å². The Morgan fingerprint density at radius 3 is 0.976 bits per heavy atom. The molecule has 0 amide bonds. The van der Waals surface area contributed by atoms with Crippen molar-refractivity contribution in [2.75, 3.05) is 0 Å². The van der Waals surface area contributed by atoms with Crippen molar-refractivity contribution in [3.63, 3.8) is 0 Å². The summed E-state index contributed by atoms with van der Waals surface area (Å²) in [5, 5.41) is 45.2. The first kappa shape index (κ1) is 32.2. The zero-order chi connectivity index (χ0) is 30.3. The number of hydrogen-bond acceptors (Lipinski definition) is 4. The van der Waals surface area contributed by atoms with Crippen molar-refractivity contribution >= 4 is 0 Å². The highest BCUT2D eigenvalue weighted by Gasteiger charge is 2.57. The number of benzene rings is 2. The molecular weight excluding hydrogens is 508 g/mol. The van der Waals surface area contributed by atoms with E-state index in [2.05, 4.69) is 79.7 Å². The van der Waals surface area contributed by atoms with Gasteiger partial charge in [-0.05, 0) is 93.9 Å². The SMILES string of the molecule is CCCC(O)c1cc2c(cc1C(O)CCC)C1(CC2(C)C)CC(C)(C)c2cc(C(O)CCC)c(C(O)CCC)cc21. The lowest BCUT2D eigenvalue weighted by Gasteiger charge is -2.32. The maximum absolute atomic E-state index is 11.4. The quantitative estimate of drug-likeness (QED) is 0.208. The van der Waals surface area contributed by atoms with E-state index in [-0.39, 0.29) is 16.2 Å². The second-order valence-electron chi connectivity index (χ2n) is 14.5. The number of aliphatic hydroxyl groups excluding tert-OH is 4. The summed E-state index contributed by atoms with van der Waals surface area (Å²) in [5.74, 6) is 0. The first-order valence-electron chi connectivity index (χ1n) is 16.4. The van der Waals surface area contributed by atoms with Crippen LogP contribution in [0.3, 0.4) is 0 Å². The molecule has 2 aromatic rings. The standard InChI is InChI=1S/C37H56O4/c1-9-13-31(38)23-17-27-29(19-25(23)33(40)15-11-3)37(21-35(27,5)6)22-36(7,8)28-18-24(32(39)14-10-2)26(20-30(28)37)34(41)16-12-4/h17-20,31-34,38-41H,9-16,21-22H2,1-8H3. The molecule has 2 aromatic carbocycles. The van der Waals surface area contributed by atoms with Gasteiger partial charge in [0.25, 0.3) is 0 Å². The number of hydrogen-bond donors (Lipinski definition) is 4. The van der Waals surface area contributed by atoms with Crippen LogP contribution >= 0.6 is 0 Å². The van der Waals surface area contributed by atoms with E-state index >= 15 is 0 Å². The molecule has 4 rings (SSSR count). The summed E-state index contributed by atoms with van der Waals surface area (Å²) in [6.45, 7) is 17.6. The van der Waals surface area contributed by atoms with Crippen LogP contribution in [-0.2, 0) is 16.2 Å². The van der Waals surface area contributed by atoms with Gasteiger partial charge in [0.05, 0.1) is 24.4 Å². The molecule has 1 spiro atoms. The third-order valence-electron chi connectivity index (χ3n) is 10.1. The van der Waals surface area contributed by atoms with Gasteiger partial charge in [0.1, 0.15) is 0 Å². The van der Waals surface area contributed by atoms with E-state index in [0.717, 1.165) is 60.8 Å². The fourth-order valence-corrected chi connectivity index (χ4v) is 8.34. The molecule has 4 unspecified atom stereocenters. The predicted octanol–water partition coefficient (Wildman–Crippen LogP) is 8.67. The smallest absolute Gasteiger partial charge is 0.0793 e. The van der Waals surface area contributed by atoms with Gasteiger partial charge in [0, 0.05) is 5.41 Å². The van der Waals surface area contributed by atoms with E-state index in [9.17, 15) is 20.4 Å². The van der Waals surface area contributed by atoms with Gasteiger partial charge in [-0.3, -0.25) is 0 Å². The minimum absolute atomic E-state index is 0.120. The van der Waals surface area contributed by atoms with Gasteiger partial charge in [0.15, 0.2) is 0 Å². The van der Waals surface area contributed by atoms with Crippen molar-refractivity contribution in [2.45, 2.75) is 160 Å². The summed E-state index contributed by atoms with van der Waals surface area (Å²) >= 11 is 0. The molecule has 0 aromatic heterocycles. The van der Waals surface area contributed by atoms with Crippen LogP contribution in [0.15, 0.2) is 24.3 Å². The summed E-state index contributed by atoms with van der Waals surface area (Å²) in [6, 6.07) is 8.92. The molecule has 0 heterocycles. The molecule has 4 heteroatoms. The molecule has 0 aliphatic heterocycles. The highest BCUT2D eigenvalue weighted by Crippen LogP contribution is 2.64. The molecule has 4 nitrogen and oxygen atoms in total. The fraction of sp³-hybridized carbons (Fsp3) is 0.676. The van der Waals surface area contributed by atoms with E-state index < -0.39 is 24.4 Å². The van der Waals surface area contributed by atoms with E-state index in [1.54, 1.807) is 0 Å². The molecule has 228 valence electrons. The Kier molecular flexibility index (Phi) is 9.51. The summed E-state index contributed by atoms with van der Waals surface area (Å²) in [4.78, 5) is 0.